The molecule has 2 aliphatic rings. The number of aliphatic hydroxyl groups excluding tert-OH is 2. The van der Waals surface area contributed by atoms with Crippen molar-refractivity contribution < 1.29 is 10.2 Å². The largest absolute Gasteiger partial charge is 0.392 e. The number of rotatable bonds is 2. The van der Waals surface area contributed by atoms with Gasteiger partial charge in [-0.25, -0.2) is 0 Å². The Morgan fingerprint density at radius 2 is 1.20 bits per heavy atom. The zero-order valence-electron chi connectivity index (χ0n) is 9.36. The van der Waals surface area contributed by atoms with Gasteiger partial charge in [0.15, 0.2) is 0 Å². The van der Waals surface area contributed by atoms with Crippen molar-refractivity contribution in [2.45, 2.75) is 75.7 Å². The van der Waals surface area contributed by atoms with Crippen LogP contribution in [0.2, 0.25) is 0 Å². The zero-order chi connectivity index (χ0) is 10.7. The Hall–Kier alpha value is -0.120. The highest BCUT2D eigenvalue weighted by molar-refractivity contribution is 4.88. The first-order valence-corrected chi connectivity index (χ1v) is 6.39. The number of nitrogens with one attached hydrogen (secondary N) is 1. The van der Waals surface area contributed by atoms with E-state index in [1.54, 1.807) is 0 Å². The highest BCUT2D eigenvalue weighted by atomic mass is 16.3. The van der Waals surface area contributed by atoms with Crippen LogP contribution in [0.5, 0.6) is 0 Å². The minimum atomic E-state index is -0.208. The van der Waals surface area contributed by atoms with Gasteiger partial charge < -0.3 is 15.5 Å². The molecule has 4 unspecified atom stereocenters. The summed E-state index contributed by atoms with van der Waals surface area (Å²) in [5.74, 6) is 0. The van der Waals surface area contributed by atoms with Gasteiger partial charge in [-0.15, -0.1) is 0 Å². The molecule has 4 atom stereocenters. The van der Waals surface area contributed by atoms with Gasteiger partial charge in [-0.05, 0) is 32.1 Å². The highest BCUT2D eigenvalue weighted by Gasteiger charge is 2.30. The maximum Gasteiger partial charge on any atom is 0.0693 e. The lowest BCUT2D eigenvalue weighted by Gasteiger charge is -2.27. The monoisotopic (exact) mass is 213 g/mol. The van der Waals surface area contributed by atoms with E-state index in [1.807, 2.05) is 0 Å². The van der Waals surface area contributed by atoms with Gasteiger partial charge in [-0.2, -0.15) is 0 Å². The van der Waals surface area contributed by atoms with Crippen LogP contribution in [0.15, 0.2) is 0 Å². The normalized spacial score (nSPS) is 42.8. The van der Waals surface area contributed by atoms with Crippen LogP contribution in [0.1, 0.15) is 51.4 Å². The summed E-state index contributed by atoms with van der Waals surface area (Å²) in [7, 11) is 0. The minimum absolute atomic E-state index is 0.194. The Balaban J connectivity index is 1.85. The van der Waals surface area contributed by atoms with Crippen LogP contribution in [-0.4, -0.2) is 34.5 Å². The summed E-state index contributed by atoms with van der Waals surface area (Å²) in [6, 6.07) is 0.438. The maximum atomic E-state index is 9.95. The SMILES string of the molecule is OC1CCCCCC1NC1CCCC1O. The van der Waals surface area contributed by atoms with Crippen molar-refractivity contribution in [1.82, 2.24) is 5.32 Å². The van der Waals surface area contributed by atoms with E-state index in [9.17, 15) is 10.2 Å². The smallest absolute Gasteiger partial charge is 0.0693 e. The molecule has 2 saturated carbocycles. The van der Waals surface area contributed by atoms with Gasteiger partial charge >= 0.3 is 0 Å². The second-order valence-electron chi connectivity index (χ2n) is 5.08. The van der Waals surface area contributed by atoms with Gasteiger partial charge in [0.05, 0.1) is 12.2 Å². The Labute approximate surface area is 91.9 Å². The molecule has 15 heavy (non-hydrogen) atoms. The van der Waals surface area contributed by atoms with Crippen LogP contribution in [-0.2, 0) is 0 Å². The second-order valence-corrected chi connectivity index (χ2v) is 5.08. The Morgan fingerprint density at radius 1 is 0.667 bits per heavy atom. The summed E-state index contributed by atoms with van der Waals surface area (Å²) in [4.78, 5) is 0. The molecule has 0 aromatic heterocycles. The summed E-state index contributed by atoms with van der Waals surface area (Å²) < 4.78 is 0. The lowest BCUT2D eigenvalue weighted by atomic mass is 10.0. The molecule has 3 N–H and O–H groups in total. The van der Waals surface area contributed by atoms with E-state index in [-0.39, 0.29) is 24.3 Å². The third-order valence-corrected chi connectivity index (χ3v) is 3.89. The molecule has 2 rings (SSSR count). The van der Waals surface area contributed by atoms with Crippen LogP contribution in [0.4, 0.5) is 0 Å². The minimum Gasteiger partial charge on any atom is -0.392 e. The van der Waals surface area contributed by atoms with Gasteiger partial charge in [0.2, 0.25) is 0 Å². The first kappa shape index (κ1) is 11.4. The van der Waals surface area contributed by atoms with Crippen LogP contribution < -0.4 is 5.32 Å². The molecule has 0 radical (unpaired) electrons. The third kappa shape index (κ3) is 2.92. The lowest BCUT2D eigenvalue weighted by molar-refractivity contribution is 0.0891. The molecule has 0 spiro atoms. The second kappa shape index (κ2) is 5.28. The topological polar surface area (TPSA) is 52.5 Å². The van der Waals surface area contributed by atoms with Crippen LogP contribution >= 0.6 is 0 Å². The fourth-order valence-electron chi connectivity index (χ4n) is 2.89. The molecule has 0 heterocycles. The highest BCUT2D eigenvalue weighted by Crippen LogP contribution is 2.23. The van der Waals surface area contributed by atoms with Crippen molar-refractivity contribution in [3.8, 4) is 0 Å². The molecule has 0 saturated heterocycles. The van der Waals surface area contributed by atoms with Crippen molar-refractivity contribution in [1.29, 1.82) is 0 Å². The van der Waals surface area contributed by atoms with Crippen LogP contribution in [0.25, 0.3) is 0 Å². The Kier molecular flexibility index (Phi) is 4.00. The van der Waals surface area contributed by atoms with Crippen LogP contribution in [0.3, 0.4) is 0 Å². The number of hydrogen-bond donors (Lipinski definition) is 3. The third-order valence-electron chi connectivity index (χ3n) is 3.89. The molecule has 2 aliphatic carbocycles. The van der Waals surface area contributed by atoms with Gasteiger partial charge in [-0.3, -0.25) is 0 Å². The van der Waals surface area contributed by atoms with E-state index in [4.69, 9.17) is 0 Å². The van der Waals surface area contributed by atoms with E-state index < -0.39 is 0 Å². The Morgan fingerprint density at radius 3 is 1.87 bits per heavy atom. The molecule has 0 aromatic carbocycles. The molecule has 0 amide bonds. The van der Waals surface area contributed by atoms with Gasteiger partial charge in [-0.1, -0.05) is 19.3 Å². The van der Waals surface area contributed by atoms with Crippen molar-refractivity contribution >= 4 is 0 Å². The molecule has 88 valence electrons. The van der Waals surface area contributed by atoms with Gasteiger partial charge in [0.1, 0.15) is 0 Å². The van der Waals surface area contributed by atoms with Crippen molar-refractivity contribution in [2.75, 3.05) is 0 Å². The first-order valence-electron chi connectivity index (χ1n) is 6.39. The average Bonchev–Trinajstić information content (AvgIpc) is 2.50. The van der Waals surface area contributed by atoms with Gasteiger partial charge in [0.25, 0.3) is 0 Å². The summed E-state index contributed by atoms with van der Waals surface area (Å²) in [6.45, 7) is 0. The van der Waals surface area contributed by atoms with E-state index in [2.05, 4.69) is 5.32 Å². The fraction of sp³-hybridized carbons (Fsp3) is 1.00. The average molecular weight is 213 g/mol. The summed E-state index contributed by atoms with van der Waals surface area (Å²) >= 11 is 0. The molecule has 0 aromatic rings. The van der Waals surface area contributed by atoms with E-state index in [0.29, 0.717) is 0 Å². The quantitative estimate of drug-likeness (QED) is 0.604. The van der Waals surface area contributed by atoms with Crippen molar-refractivity contribution in [3.05, 3.63) is 0 Å². The predicted octanol–water partition coefficient (Wildman–Crippen LogP) is 1.18. The number of hydrogen-bond acceptors (Lipinski definition) is 3. The fourth-order valence-corrected chi connectivity index (χ4v) is 2.89. The van der Waals surface area contributed by atoms with E-state index in [1.165, 1.54) is 12.8 Å². The zero-order valence-corrected chi connectivity index (χ0v) is 9.36. The molecule has 3 heteroatoms. The summed E-state index contributed by atoms with van der Waals surface area (Å²) in [6.07, 6.45) is 8.25. The summed E-state index contributed by atoms with van der Waals surface area (Å²) in [5, 5.41) is 23.1. The van der Waals surface area contributed by atoms with Gasteiger partial charge in [0, 0.05) is 12.1 Å². The molecular formula is C12H23NO2. The maximum absolute atomic E-state index is 9.95. The molecule has 0 bridgehead atoms. The molecule has 2 fully saturated rings. The van der Waals surface area contributed by atoms with Crippen LogP contribution in [0, 0.1) is 0 Å². The summed E-state index contributed by atoms with van der Waals surface area (Å²) in [5.41, 5.74) is 0. The van der Waals surface area contributed by atoms with Crippen molar-refractivity contribution in [2.24, 2.45) is 0 Å². The first-order chi connectivity index (χ1) is 7.27. The van der Waals surface area contributed by atoms with E-state index >= 15 is 0 Å². The number of aliphatic hydroxyl groups is 2. The standard InChI is InChI=1S/C12H23NO2/c14-11-7-3-1-2-5-9(11)13-10-6-4-8-12(10)15/h9-15H,1-8H2. The Bertz CT molecular complexity index is 198. The molecular weight excluding hydrogens is 190 g/mol. The molecule has 0 aliphatic heterocycles. The van der Waals surface area contributed by atoms with E-state index in [0.717, 1.165) is 38.5 Å². The lowest BCUT2D eigenvalue weighted by Crippen LogP contribution is -2.47. The predicted molar refractivity (Wildman–Crippen MR) is 59.7 cm³/mol. The van der Waals surface area contributed by atoms with Crippen molar-refractivity contribution in [3.63, 3.8) is 0 Å². The molecule has 3 nitrogen and oxygen atoms in total.